The van der Waals surface area contributed by atoms with Crippen molar-refractivity contribution in [2.75, 3.05) is 0 Å². The van der Waals surface area contributed by atoms with Crippen LogP contribution in [-0.2, 0) is 4.79 Å². The SMILES string of the molecule is O=CC1=CN=C2C=C(Br)[C@@H](Cl)C=C12. The second-order valence-corrected chi connectivity index (χ2v) is 4.11. The second-order valence-electron chi connectivity index (χ2n) is 2.73. The van der Waals surface area contributed by atoms with Crippen LogP contribution in [0.3, 0.4) is 0 Å². The smallest absolute Gasteiger partial charge is 0.152 e. The highest BCUT2D eigenvalue weighted by Crippen LogP contribution is 2.30. The number of alkyl halides is 1. The van der Waals surface area contributed by atoms with Crippen LogP contribution < -0.4 is 0 Å². The summed E-state index contributed by atoms with van der Waals surface area (Å²) in [5, 5.41) is -0.199. The molecule has 66 valence electrons. The van der Waals surface area contributed by atoms with Gasteiger partial charge in [-0.3, -0.25) is 9.79 Å². The number of aldehydes is 1. The van der Waals surface area contributed by atoms with Crippen molar-refractivity contribution in [1.82, 2.24) is 0 Å². The van der Waals surface area contributed by atoms with E-state index in [1.807, 2.05) is 12.2 Å². The quantitative estimate of drug-likeness (QED) is 0.524. The first-order valence-corrected chi connectivity index (χ1v) is 4.92. The summed E-state index contributed by atoms with van der Waals surface area (Å²) >= 11 is 9.29. The number of hydrogen-bond donors (Lipinski definition) is 0. The highest BCUT2D eigenvalue weighted by atomic mass is 79.9. The van der Waals surface area contributed by atoms with Gasteiger partial charge in [0, 0.05) is 21.8 Å². The first-order chi connectivity index (χ1) is 6.22. The van der Waals surface area contributed by atoms with Gasteiger partial charge in [0.15, 0.2) is 6.29 Å². The summed E-state index contributed by atoms with van der Waals surface area (Å²) in [6.07, 6.45) is 6.00. The van der Waals surface area contributed by atoms with Crippen LogP contribution >= 0.6 is 27.5 Å². The molecule has 4 heteroatoms. The van der Waals surface area contributed by atoms with Crippen molar-refractivity contribution in [2.45, 2.75) is 5.38 Å². The predicted octanol–water partition coefficient (Wildman–Crippen LogP) is 2.35. The van der Waals surface area contributed by atoms with E-state index in [9.17, 15) is 4.79 Å². The van der Waals surface area contributed by atoms with E-state index >= 15 is 0 Å². The molecule has 1 heterocycles. The minimum Gasteiger partial charge on any atom is -0.298 e. The molecule has 0 N–H and O–H groups in total. The van der Waals surface area contributed by atoms with E-state index in [0.29, 0.717) is 5.57 Å². The lowest BCUT2D eigenvalue weighted by Gasteiger charge is -2.12. The Morgan fingerprint density at radius 2 is 2.38 bits per heavy atom. The van der Waals surface area contributed by atoms with Crippen LogP contribution in [0.1, 0.15) is 0 Å². The number of hydrogen-bond acceptors (Lipinski definition) is 2. The maximum atomic E-state index is 10.6. The third kappa shape index (κ3) is 1.42. The Hall–Kier alpha value is -0.670. The van der Waals surface area contributed by atoms with E-state index in [2.05, 4.69) is 20.9 Å². The standard InChI is InChI=1S/C9H5BrClNO/c10-7-2-9-6(1-8(7)11)5(4-13)3-12-9/h1-4,8H/t8-/m0/s1. The number of carbonyl (C=O) groups excluding carboxylic acids is 1. The summed E-state index contributed by atoms with van der Waals surface area (Å²) in [6.45, 7) is 0. The first kappa shape index (κ1) is 8.91. The van der Waals surface area contributed by atoms with Crippen LogP contribution in [0.5, 0.6) is 0 Å². The van der Waals surface area contributed by atoms with E-state index in [0.717, 1.165) is 22.1 Å². The van der Waals surface area contributed by atoms with E-state index < -0.39 is 0 Å². The fraction of sp³-hybridized carbons (Fsp3) is 0.111. The van der Waals surface area contributed by atoms with Crippen molar-refractivity contribution in [2.24, 2.45) is 4.99 Å². The van der Waals surface area contributed by atoms with Gasteiger partial charge in [0.05, 0.1) is 11.1 Å². The van der Waals surface area contributed by atoms with Crippen molar-refractivity contribution in [3.05, 3.63) is 34.0 Å². The van der Waals surface area contributed by atoms with E-state index in [1.54, 1.807) is 6.20 Å². The number of carbonyl (C=O) groups is 1. The van der Waals surface area contributed by atoms with Gasteiger partial charge in [-0.25, -0.2) is 0 Å². The molecule has 0 aromatic rings. The van der Waals surface area contributed by atoms with Gasteiger partial charge in [-0.05, 0) is 6.08 Å². The number of halogens is 2. The van der Waals surface area contributed by atoms with Crippen LogP contribution in [0.2, 0.25) is 0 Å². The first-order valence-electron chi connectivity index (χ1n) is 3.69. The van der Waals surface area contributed by atoms with Crippen molar-refractivity contribution in [3.63, 3.8) is 0 Å². The monoisotopic (exact) mass is 257 g/mol. The van der Waals surface area contributed by atoms with Crippen molar-refractivity contribution in [3.8, 4) is 0 Å². The molecule has 13 heavy (non-hydrogen) atoms. The number of rotatable bonds is 1. The average Bonchev–Trinajstić information content (AvgIpc) is 2.48. The summed E-state index contributed by atoms with van der Waals surface area (Å²) in [4.78, 5) is 14.7. The van der Waals surface area contributed by atoms with Crippen LogP contribution in [0, 0.1) is 0 Å². The number of fused-ring (bicyclic) bond motifs is 1. The van der Waals surface area contributed by atoms with Gasteiger partial charge in [-0.15, -0.1) is 11.6 Å². The summed E-state index contributed by atoms with van der Waals surface area (Å²) in [6, 6.07) is 0. The number of nitrogens with zero attached hydrogens (tertiary/aromatic N) is 1. The van der Waals surface area contributed by atoms with Gasteiger partial charge < -0.3 is 0 Å². The molecule has 0 spiro atoms. The van der Waals surface area contributed by atoms with Gasteiger partial charge in [-0.2, -0.15) is 0 Å². The second kappa shape index (κ2) is 3.24. The topological polar surface area (TPSA) is 29.4 Å². The Labute approximate surface area is 88.8 Å². The van der Waals surface area contributed by atoms with E-state index in [-0.39, 0.29) is 5.38 Å². The third-order valence-electron chi connectivity index (χ3n) is 1.91. The summed E-state index contributed by atoms with van der Waals surface area (Å²) < 4.78 is 0.872. The highest BCUT2D eigenvalue weighted by Gasteiger charge is 2.22. The minimum atomic E-state index is -0.199. The van der Waals surface area contributed by atoms with Crippen LogP contribution in [0.15, 0.2) is 39.0 Å². The molecule has 1 aliphatic heterocycles. The van der Waals surface area contributed by atoms with Crippen molar-refractivity contribution in [1.29, 1.82) is 0 Å². The summed E-state index contributed by atoms with van der Waals surface area (Å²) in [7, 11) is 0. The zero-order chi connectivity index (χ0) is 9.42. The molecule has 2 nitrogen and oxygen atoms in total. The normalized spacial score (nSPS) is 25.5. The van der Waals surface area contributed by atoms with E-state index in [4.69, 9.17) is 11.6 Å². The molecule has 0 unspecified atom stereocenters. The molecule has 0 amide bonds. The fourth-order valence-electron chi connectivity index (χ4n) is 1.25. The van der Waals surface area contributed by atoms with Gasteiger partial charge in [0.2, 0.25) is 0 Å². The summed E-state index contributed by atoms with van der Waals surface area (Å²) in [5.41, 5.74) is 2.22. The Morgan fingerprint density at radius 3 is 3.08 bits per heavy atom. The maximum Gasteiger partial charge on any atom is 0.152 e. The van der Waals surface area contributed by atoms with Gasteiger partial charge in [-0.1, -0.05) is 22.0 Å². The molecule has 1 atom stereocenters. The van der Waals surface area contributed by atoms with Crippen molar-refractivity contribution >= 4 is 39.5 Å². The molecule has 2 aliphatic rings. The maximum absolute atomic E-state index is 10.6. The van der Waals surface area contributed by atoms with E-state index in [1.165, 1.54) is 0 Å². The zero-order valence-corrected chi connectivity index (χ0v) is 8.84. The van der Waals surface area contributed by atoms with Gasteiger partial charge >= 0.3 is 0 Å². The van der Waals surface area contributed by atoms with Crippen LogP contribution in [0.4, 0.5) is 0 Å². The van der Waals surface area contributed by atoms with Crippen LogP contribution in [-0.4, -0.2) is 17.4 Å². The Balaban J connectivity index is 2.42. The number of aliphatic imine (C=N–C) groups is 1. The van der Waals surface area contributed by atoms with Gasteiger partial charge in [0.1, 0.15) is 0 Å². The number of allylic oxidation sites excluding steroid dienone is 5. The molecule has 0 radical (unpaired) electrons. The molecular formula is C9H5BrClNO. The Morgan fingerprint density at radius 1 is 1.62 bits per heavy atom. The Bertz CT molecular complexity index is 392. The molecule has 2 rings (SSSR count). The van der Waals surface area contributed by atoms with Crippen molar-refractivity contribution < 1.29 is 4.79 Å². The largest absolute Gasteiger partial charge is 0.298 e. The lowest BCUT2D eigenvalue weighted by atomic mass is 9.99. The fourth-order valence-corrected chi connectivity index (χ4v) is 1.79. The molecule has 0 aromatic heterocycles. The lowest BCUT2D eigenvalue weighted by Crippen LogP contribution is -2.10. The predicted molar refractivity (Wildman–Crippen MR) is 56.3 cm³/mol. The average molecular weight is 259 g/mol. The molecule has 1 aliphatic carbocycles. The molecule has 0 saturated carbocycles. The zero-order valence-electron chi connectivity index (χ0n) is 6.50. The third-order valence-corrected chi connectivity index (χ3v) is 3.25. The Kier molecular flexibility index (Phi) is 2.22. The minimum absolute atomic E-state index is 0.199. The highest BCUT2D eigenvalue weighted by molar-refractivity contribution is 9.11. The lowest BCUT2D eigenvalue weighted by molar-refractivity contribution is -0.104. The van der Waals surface area contributed by atoms with Crippen LogP contribution in [0.25, 0.3) is 0 Å². The molecule has 0 fully saturated rings. The van der Waals surface area contributed by atoms with Gasteiger partial charge in [0.25, 0.3) is 0 Å². The molecule has 0 saturated heterocycles. The molecule has 0 bridgehead atoms. The summed E-state index contributed by atoms with van der Waals surface area (Å²) in [5.74, 6) is 0. The molecular weight excluding hydrogens is 253 g/mol. The molecule has 0 aromatic carbocycles.